The highest BCUT2D eigenvalue weighted by molar-refractivity contribution is 4.82. The zero-order valence-electron chi connectivity index (χ0n) is 9.81. The number of aliphatic hydroxyl groups is 1. The van der Waals surface area contributed by atoms with Gasteiger partial charge in [0.2, 0.25) is 0 Å². The van der Waals surface area contributed by atoms with Crippen molar-refractivity contribution >= 4 is 0 Å². The van der Waals surface area contributed by atoms with Gasteiger partial charge in [-0.1, -0.05) is 20.8 Å². The first-order valence-corrected chi connectivity index (χ1v) is 5.66. The second kappa shape index (κ2) is 4.63. The topological polar surface area (TPSA) is 29.5 Å². The number of hydrogen-bond donors (Lipinski definition) is 1. The molecule has 1 saturated heterocycles. The number of hydrogen-bond acceptors (Lipinski definition) is 2. The lowest BCUT2D eigenvalue weighted by atomic mass is 9.75. The fraction of sp³-hybridized carbons (Fsp3) is 1.00. The Balaban J connectivity index is 2.44. The minimum atomic E-state index is 0.0610. The normalized spacial score (nSPS) is 29.1. The molecule has 0 spiro atoms. The van der Waals surface area contributed by atoms with Crippen LogP contribution >= 0.6 is 0 Å². The Morgan fingerprint density at radius 3 is 2.50 bits per heavy atom. The molecule has 0 radical (unpaired) electrons. The molecule has 0 aromatic rings. The molecule has 0 aliphatic carbocycles. The van der Waals surface area contributed by atoms with Crippen molar-refractivity contribution in [2.75, 3.05) is 19.8 Å². The summed E-state index contributed by atoms with van der Waals surface area (Å²) >= 11 is 0. The maximum atomic E-state index is 9.46. The molecule has 1 rings (SSSR count). The van der Waals surface area contributed by atoms with Crippen LogP contribution < -0.4 is 0 Å². The molecule has 84 valence electrons. The second-order valence-corrected chi connectivity index (χ2v) is 5.87. The van der Waals surface area contributed by atoms with Gasteiger partial charge in [0.15, 0.2) is 0 Å². The van der Waals surface area contributed by atoms with E-state index in [0.29, 0.717) is 5.41 Å². The SMILES string of the molecule is CC(C)(C)CCC1(CO)CCCOC1. The molecular weight excluding hydrogens is 176 g/mol. The van der Waals surface area contributed by atoms with Crippen LogP contribution in [0.4, 0.5) is 0 Å². The third kappa shape index (κ3) is 3.58. The molecule has 0 amide bonds. The van der Waals surface area contributed by atoms with E-state index in [1.807, 2.05) is 0 Å². The average Bonchev–Trinajstić information content (AvgIpc) is 2.15. The Morgan fingerprint density at radius 1 is 1.36 bits per heavy atom. The predicted molar refractivity (Wildman–Crippen MR) is 58.3 cm³/mol. The first-order valence-electron chi connectivity index (χ1n) is 5.66. The van der Waals surface area contributed by atoms with Crippen LogP contribution in [0.15, 0.2) is 0 Å². The van der Waals surface area contributed by atoms with Gasteiger partial charge in [0.05, 0.1) is 13.2 Å². The van der Waals surface area contributed by atoms with Crippen LogP contribution in [0.3, 0.4) is 0 Å². The fourth-order valence-corrected chi connectivity index (χ4v) is 1.95. The number of ether oxygens (including phenoxy) is 1. The minimum Gasteiger partial charge on any atom is -0.396 e. The summed E-state index contributed by atoms with van der Waals surface area (Å²) in [5, 5.41) is 9.46. The van der Waals surface area contributed by atoms with Crippen molar-refractivity contribution in [2.24, 2.45) is 10.8 Å². The summed E-state index contributed by atoms with van der Waals surface area (Å²) in [5.41, 5.74) is 0.422. The molecule has 2 nitrogen and oxygen atoms in total. The van der Waals surface area contributed by atoms with E-state index in [1.54, 1.807) is 0 Å². The summed E-state index contributed by atoms with van der Waals surface area (Å²) in [4.78, 5) is 0. The number of aliphatic hydroxyl groups excluding tert-OH is 1. The molecule has 0 aromatic heterocycles. The standard InChI is InChI=1S/C12H24O2/c1-11(2,3)6-7-12(9-13)5-4-8-14-10-12/h13H,4-10H2,1-3H3. The quantitative estimate of drug-likeness (QED) is 0.759. The van der Waals surface area contributed by atoms with Gasteiger partial charge in [0.25, 0.3) is 0 Å². The van der Waals surface area contributed by atoms with Crippen LogP contribution in [0.2, 0.25) is 0 Å². The smallest absolute Gasteiger partial charge is 0.0544 e. The van der Waals surface area contributed by atoms with Gasteiger partial charge in [0, 0.05) is 12.0 Å². The summed E-state index contributed by atoms with van der Waals surface area (Å²) in [6.45, 7) is 8.66. The van der Waals surface area contributed by atoms with E-state index >= 15 is 0 Å². The van der Waals surface area contributed by atoms with Gasteiger partial charge in [-0.2, -0.15) is 0 Å². The van der Waals surface area contributed by atoms with Gasteiger partial charge in [-0.25, -0.2) is 0 Å². The number of rotatable bonds is 3. The molecule has 14 heavy (non-hydrogen) atoms. The Bertz CT molecular complexity index is 164. The molecule has 1 atom stereocenters. The molecule has 0 aromatic carbocycles. The Morgan fingerprint density at radius 2 is 2.07 bits per heavy atom. The molecule has 0 bridgehead atoms. The van der Waals surface area contributed by atoms with E-state index in [0.717, 1.165) is 38.9 Å². The molecule has 1 aliphatic heterocycles. The fourth-order valence-electron chi connectivity index (χ4n) is 1.95. The summed E-state index contributed by atoms with van der Waals surface area (Å²) in [6.07, 6.45) is 4.48. The molecular formula is C12H24O2. The first kappa shape index (κ1) is 12.0. The largest absolute Gasteiger partial charge is 0.396 e. The summed E-state index contributed by atoms with van der Waals surface area (Å²) < 4.78 is 5.48. The molecule has 1 aliphatic rings. The highest BCUT2D eigenvalue weighted by atomic mass is 16.5. The van der Waals surface area contributed by atoms with Gasteiger partial charge in [-0.3, -0.25) is 0 Å². The van der Waals surface area contributed by atoms with E-state index in [2.05, 4.69) is 20.8 Å². The Labute approximate surface area is 87.7 Å². The van der Waals surface area contributed by atoms with Crippen LogP contribution in [-0.2, 0) is 4.74 Å². The van der Waals surface area contributed by atoms with Crippen molar-refractivity contribution in [1.29, 1.82) is 0 Å². The van der Waals surface area contributed by atoms with Crippen LogP contribution in [0.5, 0.6) is 0 Å². The van der Waals surface area contributed by atoms with E-state index in [1.165, 1.54) is 0 Å². The van der Waals surface area contributed by atoms with E-state index < -0.39 is 0 Å². The first-order chi connectivity index (χ1) is 6.47. The van der Waals surface area contributed by atoms with E-state index in [9.17, 15) is 5.11 Å². The highest BCUT2D eigenvalue weighted by Gasteiger charge is 2.33. The van der Waals surface area contributed by atoms with Crippen LogP contribution in [0, 0.1) is 10.8 Å². The third-order valence-electron chi connectivity index (χ3n) is 3.14. The molecule has 2 heteroatoms. The van der Waals surface area contributed by atoms with Crippen LogP contribution in [0.1, 0.15) is 46.5 Å². The Kier molecular flexibility index (Phi) is 3.96. The lowest BCUT2D eigenvalue weighted by Crippen LogP contribution is -2.36. The molecule has 0 saturated carbocycles. The van der Waals surface area contributed by atoms with E-state index in [4.69, 9.17) is 4.74 Å². The van der Waals surface area contributed by atoms with Crippen molar-refractivity contribution in [1.82, 2.24) is 0 Å². The lowest BCUT2D eigenvalue weighted by molar-refractivity contribution is -0.0474. The third-order valence-corrected chi connectivity index (χ3v) is 3.14. The average molecular weight is 200 g/mol. The predicted octanol–water partition coefficient (Wildman–Crippen LogP) is 2.60. The van der Waals surface area contributed by atoms with Crippen LogP contribution in [-0.4, -0.2) is 24.9 Å². The van der Waals surface area contributed by atoms with Gasteiger partial charge in [-0.15, -0.1) is 0 Å². The van der Waals surface area contributed by atoms with Gasteiger partial charge in [-0.05, 0) is 31.1 Å². The molecule has 1 heterocycles. The summed E-state index contributed by atoms with van der Waals surface area (Å²) in [7, 11) is 0. The monoisotopic (exact) mass is 200 g/mol. The molecule has 1 fully saturated rings. The summed E-state index contributed by atoms with van der Waals surface area (Å²) in [5.74, 6) is 0. The van der Waals surface area contributed by atoms with Crippen molar-refractivity contribution in [2.45, 2.75) is 46.5 Å². The highest BCUT2D eigenvalue weighted by Crippen LogP contribution is 2.36. The van der Waals surface area contributed by atoms with E-state index in [-0.39, 0.29) is 12.0 Å². The van der Waals surface area contributed by atoms with Crippen molar-refractivity contribution in [3.8, 4) is 0 Å². The van der Waals surface area contributed by atoms with Gasteiger partial charge < -0.3 is 9.84 Å². The zero-order chi connectivity index (χ0) is 10.7. The van der Waals surface area contributed by atoms with Gasteiger partial charge in [0.1, 0.15) is 0 Å². The molecule has 1 N–H and O–H groups in total. The van der Waals surface area contributed by atoms with Crippen molar-refractivity contribution < 1.29 is 9.84 Å². The minimum absolute atomic E-state index is 0.0610. The van der Waals surface area contributed by atoms with Crippen LogP contribution in [0.25, 0.3) is 0 Å². The second-order valence-electron chi connectivity index (χ2n) is 5.87. The van der Waals surface area contributed by atoms with Crippen molar-refractivity contribution in [3.05, 3.63) is 0 Å². The Hall–Kier alpha value is -0.0800. The zero-order valence-corrected chi connectivity index (χ0v) is 9.81. The summed E-state index contributed by atoms with van der Waals surface area (Å²) in [6, 6.07) is 0. The van der Waals surface area contributed by atoms with Crippen molar-refractivity contribution in [3.63, 3.8) is 0 Å². The van der Waals surface area contributed by atoms with Gasteiger partial charge >= 0.3 is 0 Å². The lowest BCUT2D eigenvalue weighted by Gasteiger charge is -2.37. The maximum Gasteiger partial charge on any atom is 0.0544 e. The molecule has 1 unspecified atom stereocenters. The maximum absolute atomic E-state index is 9.46.